The third kappa shape index (κ3) is 8.25. The zero-order chi connectivity index (χ0) is 19.7. The maximum absolute atomic E-state index is 12.3. The van der Waals surface area contributed by atoms with Crippen molar-refractivity contribution < 1.29 is 24.3 Å². The van der Waals surface area contributed by atoms with Crippen molar-refractivity contribution in [2.75, 3.05) is 0 Å². The van der Waals surface area contributed by atoms with Crippen LogP contribution < -0.4 is 22.3 Å². The Labute approximate surface area is 164 Å². The van der Waals surface area contributed by atoms with Gasteiger partial charge < -0.3 is 26.7 Å². The molecule has 0 aliphatic carbocycles. The second-order valence-electron chi connectivity index (χ2n) is 6.39. The van der Waals surface area contributed by atoms with Crippen LogP contribution in [0.15, 0.2) is 30.3 Å². The Bertz CT molecular complexity index is 629. The molecule has 0 heterocycles. The van der Waals surface area contributed by atoms with Crippen LogP contribution in [0.3, 0.4) is 0 Å². The van der Waals surface area contributed by atoms with Crippen LogP contribution in [0.2, 0.25) is 0 Å². The predicted molar refractivity (Wildman–Crippen MR) is 101 cm³/mol. The fourth-order valence-corrected chi connectivity index (χ4v) is 2.16. The minimum absolute atomic E-state index is 0. The van der Waals surface area contributed by atoms with Gasteiger partial charge in [-0.15, -0.1) is 12.4 Å². The van der Waals surface area contributed by atoms with Gasteiger partial charge in [0, 0.05) is 6.42 Å². The summed E-state index contributed by atoms with van der Waals surface area (Å²) >= 11 is 0. The van der Waals surface area contributed by atoms with Crippen LogP contribution in [0, 0.1) is 5.92 Å². The minimum atomic E-state index is -2.56. The summed E-state index contributed by atoms with van der Waals surface area (Å²) in [5.74, 6) is -1.59. The molecular formula is C17H27ClN4O5. The molecule has 152 valence electrons. The van der Waals surface area contributed by atoms with E-state index in [9.17, 15) is 19.5 Å². The molecule has 0 unspecified atom stereocenters. The van der Waals surface area contributed by atoms with Crippen LogP contribution in [-0.4, -0.2) is 34.8 Å². The number of urea groups is 1. The van der Waals surface area contributed by atoms with E-state index in [1.54, 1.807) is 30.3 Å². The molecule has 0 aromatic heterocycles. The van der Waals surface area contributed by atoms with E-state index in [0.717, 1.165) is 5.56 Å². The summed E-state index contributed by atoms with van der Waals surface area (Å²) < 4.78 is 0. The van der Waals surface area contributed by atoms with Gasteiger partial charge in [0.1, 0.15) is 0 Å². The number of amides is 3. The lowest BCUT2D eigenvalue weighted by atomic mass is 9.96. The molecule has 0 spiro atoms. The molecule has 1 aromatic rings. The number of hydrogen-bond donors (Lipinski definition) is 5. The van der Waals surface area contributed by atoms with Crippen molar-refractivity contribution >= 4 is 30.3 Å². The van der Waals surface area contributed by atoms with Crippen molar-refractivity contribution in [2.24, 2.45) is 17.4 Å². The van der Waals surface area contributed by atoms with E-state index < -0.39 is 29.7 Å². The van der Waals surface area contributed by atoms with Crippen LogP contribution in [0.25, 0.3) is 0 Å². The second kappa shape index (κ2) is 11.4. The van der Waals surface area contributed by atoms with Gasteiger partial charge in [0.25, 0.3) is 0 Å². The standard InChI is InChI=1S/C17H26N4O5.ClH/c1-11(2)8-9-14(22)26-21-15(23)17(25,20-16(19)24)13(18)10-12-6-4-3-5-7-12;/h3-7,11,13,25H,8-10,18H2,1-2H3,(H,21,23)(H3,19,20,24);1H/t13-,17+;/m1./s1. The lowest BCUT2D eigenvalue weighted by molar-refractivity contribution is -0.169. The number of carbonyl (C=O) groups is 3. The number of hydroxylamine groups is 1. The third-order valence-corrected chi connectivity index (χ3v) is 3.68. The van der Waals surface area contributed by atoms with Gasteiger partial charge in [-0.2, -0.15) is 5.48 Å². The summed E-state index contributed by atoms with van der Waals surface area (Å²) in [6.07, 6.45) is 0.730. The number of aliphatic hydroxyl groups is 1. The molecule has 1 rings (SSSR count). The fourth-order valence-electron chi connectivity index (χ4n) is 2.16. The van der Waals surface area contributed by atoms with E-state index >= 15 is 0 Å². The highest BCUT2D eigenvalue weighted by Crippen LogP contribution is 2.12. The van der Waals surface area contributed by atoms with Crippen LogP contribution in [0.4, 0.5) is 4.79 Å². The number of benzene rings is 1. The minimum Gasteiger partial charge on any atom is -0.362 e. The molecule has 2 atom stereocenters. The van der Waals surface area contributed by atoms with Crippen LogP contribution >= 0.6 is 12.4 Å². The van der Waals surface area contributed by atoms with Crippen molar-refractivity contribution in [1.29, 1.82) is 0 Å². The average molecular weight is 403 g/mol. The Morgan fingerprint density at radius 1 is 1.22 bits per heavy atom. The van der Waals surface area contributed by atoms with Crippen LogP contribution in [-0.2, 0) is 20.8 Å². The van der Waals surface area contributed by atoms with Crippen molar-refractivity contribution in [3.8, 4) is 0 Å². The first-order valence-corrected chi connectivity index (χ1v) is 8.24. The van der Waals surface area contributed by atoms with Crippen molar-refractivity contribution in [1.82, 2.24) is 10.8 Å². The van der Waals surface area contributed by atoms with E-state index in [1.165, 1.54) is 0 Å². The highest BCUT2D eigenvalue weighted by molar-refractivity contribution is 5.90. The van der Waals surface area contributed by atoms with Gasteiger partial charge in [-0.1, -0.05) is 44.2 Å². The van der Waals surface area contributed by atoms with E-state index in [-0.39, 0.29) is 31.2 Å². The Morgan fingerprint density at radius 3 is 2.33 bits per heavy atom. The van der Waals surface area contributed by atoms with Crippen LogP contribution in [0.5, 0.6) is 0 Å². The zero-order valence-electron chi connectivity index (χ0n) is 15.3. The SMILES string of the molecule is CC(C)CCC(=O)ONC(=O)[C@](O)(NC(N)=O)[C@H](N)Cc1ccccc1.Cl. The van der Waals surface area contributed by atoms with Gasteiger partial charge in [0.05, 0.1) is 6.04 Å². The average Bonchev–Trinajstić information content (AvgIpc) is 2.57. The first-order valence-electron chi connectivity index (χ1n) is 8.24. The highest BCUT2D eigenvalue weighted by Gasteiger charge is 2.44. The normalized spacial score (nSPS) is 13.7. The van der Waals surface area contributed by atoms with Gasteiger partial charge in [-0.3, -0.25) is 4.79 Å². The van der Waals surface area contributed by atoms with E-state index in [1.807, 2.05) is 24.6 Å². The maximum Gasteiger partial charge on any atom is 0.332 e. The maximum atomic E-state index is 12.3. The largest absolute Gasteiger partial charge is 0.362 e. The quantitative estimate of drug-likeness (QED) is 0.312. The fraction of sp³-hybridized carbons (Fsp3) is 0.471. The van der Waals surface area contributed by atoms with Crippen molar-refractivity contribution in [2.45, 2.75) is 44.9 Å². The van der Waals surface area contributed by atoms with Gasteiger partial charge in [0.2, 0.25) is 5.72 Å². The molecule has 0 radical (unpaired) electrons. The molecule has 0 aliphatic heterocycles. The summed E-state index contributed by atoms with van der Waals surface area (Å²) in [6, 6.07) is 6.41. The zero-order valence-corrected chi connectivity index (χ0v) is 16.1. The van der Waals surface area contributed by atoms with Crippen LogP contribution in [0.1, 0.15) is 32.3 Å². The Balaban J connectivity index is 0.00000676. The topological polar surface area (TPSA) is 157 Å². The monoisotopic (exact) mass is 402 g/mol. The molecule has 0 aliphatic rings. The first kappa shape index (κ1) is 24.6. The van der Waals surface area contributed by atoms with Gasteiger partial charge in [0.15, 0.2) is 0 Å². The summed E-state index contributed by atoms with van der Waals surface area (Å²) in [5, 5.41) is 12.5. The number of rotatable bonds is 8. The van der Waals surface area contributed by atoms with Gasteiger partial charge >= 0.3 is 17.9 Å². The van der Waals surface area contributed by atoms with E-state index in [4.69, 9.17) is 11.5 Å². The summed E-state index contributed by atoms with van der Waals surface area (Å²) in [7, 11) is 0. The van der Waals surface area contributed by atoms with Crippen molar-refractivity contribution in [3.05, 3.63) is 35.9 Å². The molecule has 10 heteroatoms. The molecule has 0 saturated carbocycles. The second-order valence-corrected chi connectivity index (χ2v) is 6.39. The Morgan fingerprint density at radius 2 is 1.81 bits per heavy atom. The smallest absolute Gasteiger partial charge is 0.332 e. The highest BCUT2D eigenvalue weighted by atomic mass is 35.5. The lowest BCUT2D eigenvalue weighted by Crippen LogP contribution is -2.69. The molecule has 0 saturated heterocycles. The molecular weight excluding hydrogens is 376 g/mol. The number of nitrogens with one attached hydrogen (secondary N) is 2. The van der Waals surface area contributed by atoms with Gasteiger partial charge in [-0.05, 0) is 24.3 Å². The third-order valence-electron chi connectivity index (χ3n) is 3.68. The first-order chi connectivity index (χ1) is 12.1. The Hall–Kier alpha value is -2.36. The lowest BCUT2D eigenvalue weighted by Gasteiger charge is -2.32. The molecule has 0 bridgehead atoms. The number of halogens is 1. The number of nitrogens with two attached hydrogens (primary N) is 2. The molecule has 9 nitrogen and oxygen atoms in total. The summed E-state index contributed by atoms with van der Waals surface area (Å²) in [5.41, 5.74) is 11.0. The van der Waals surface area contributed by atoms with E-state index in [0.29, 0.717) is 6.42 Å². The van der Waals surface area contributed by atoms with Crippen molar-refractivity contribution in [3.63, 3.8) is 0 Å². The molecule has 0 fully saturated rings. The number of primary amides is 1. The predicted octanol–water partition coefficient (Wildman–Crippen LogP) is 0.346. The number of carbonyl (C=O) groups excluding carboxylic acids is 3. The van der Waals surface area contributed by atoms with Gasteiger partial charge in [-0.25, -0.2) is 9.59 Å². The molecule has 27 heavy (non-hydrogen) atoms. The molecule has 1 aromatic carbocycles. The summed E-state index contributed by atoms with van der Waals surface area (Å²) in [6.45, 7) is 3.87. The Kier molecular flexibility index (Phi) is 10.4. The van der Waals surface area contributed by atoms with E-state index in [2.05, 4.69) is 4.84 Å². The summed E-state index contributed by atoms with van der Waals surface area (Å²) in [4.78, 5) is 39.7. The molecule has 3 amide bonds. The molecule has 7 N–H and O–H groups in total. The number of hydrogen-bond acceptors (Lipinski definition) is 6.